The monoisotopic (exact) mass is 197 g/mol. The summed E-state index contributed by atoms with van der Waals surface area (Å²) in [4.78, 5) is 15.9. The predicted octanol–water partition coefficient (Wildman–Crippen LogP) is 1.83. The highest BCUT2D eigenvalue weighted by Gasteiger charge is 2.25. The van der Waals surface area contributed by atoms with Crippen molar-refractivity contribution in [2.45, 2.75) is 12.5 Å². The van der Waals surface area contributed by atoms with E-state index in [0.717, 1.165) is 5.56 Å². The minimum Gasteiger partial charge on any atom is -0.273 e. The first kappa shape index (κ1) is 8.53. The number of nitrogens with one attached hydrogen (secondary N) is 1. The molecule has 1 fully saturated rings. The van der Waals surface area contributed by atoms with Crippen LogP contribution in [-0.4, -0.2) is 5.91 Å². The van der Waals surface area contributed by atoms with E-state index in [1.807, 2.05) is 18.2 Å². The Labute approximate surface area is 80.6 Å². The first-order valence-corrected chi connectivity index (χ1v) is 4.34. The van der Waals surface area contributed by atoms with E-state index < -0.39 is 0 Å². The average Bonchev–Trinajstić information content (AvgIpc) is 2.53. The molecule has 0 saturated carbocycles. The zero-order chi connectivity index (χ0) is 9.26. The fourth-order valence-corrected chi connectivity index (χ4v) is 1.56. The summed E-state index contributed by atoms with van der Waals surface area (Å²) in [6.45, 7) is 0. The Kier molecular flexibility index (Phi) is 2.20. The van der Waals surface area contributed by atoms with Gasteiger partial charge in [-0.3, -0.25) is 9.63 Å². The topological polar surface area (TPSA) is 38.3 Å². The predicted molar refractivity (Wildman–Crippen MR) is 48.0 cm³/mol. The Balaban J connectivity index is 2.26. The number of hydrogen-bond acceptors (Lipinski definition) is 2. The molecule has 1 saturated heterocycles. The van der Waals surface area contributed by atoms with Gasteiger partial charge in [-0.25, -0.2) is 5.48 Å². The van der Waals surface area contributed by atoms with Crippen LogP contribution in [0.4, 0.5) is 0 Å². The highest BCUT2D eigenvalue weighted by Crippen LogP contribution is 2.29. The van der Waals surface area contributed by atoms with Gasteiger partial charge >= 0.3 is 0 Å². The molecule has 1 N–H and O–H groups in total. The van der Waals surface area contributed by atoms with Gasteiger partial charge in [0.1, 0.15) is 6.10 Å². The van der Waals surface area contributed by atoms with Crippen LogP contribution in [0.3, 0.4) is 0 Å². The van der Waals surface area contributed by atoms with Gasteiger partial charge in [0.25, 0.3) is 0 Å². The SMILES string of the molecule is O=C1CC(c2ccccc2Cl)ON1. The maximum atomic E-state index is 10.9. The Morgan fingerprint density at radius 3 is 2.85 bits per heavy atom. The lowest BCUT2D eigenvalue weighted by atomic mass is 10.1. The van der Waals surface area contributed by atoms with Crippen molar-refractivity contribution >= 4 is 17.5 Å². The summed E-state index contributed by atoms with van der Waals surface area (Å²) < 4.78 is 0. The van der Waals surface area contributed by atoms with Crippen LogP contribution < -0.4 is 5.48 Å². The summed E-state index contributed by atoms with van der Waals surface area (Å²) in [5.74, 6) is -0.107. The molecule has 13 heavy (non-hydrogen) atoms. The Hall–Kier alpha value is -1.06. The zero-order valence-electron chi connectivity index (χ0n) is 6.79. The number of hydrogen-bond donors (Lipinski definition) is 1. The molecule has 1 heterocycles. The van der Waals surface area contributed by atoms with Crippen molar-refractivity contribution in [1.29, 1.82) is 0 Å². The number of halogens is 1. The molecule has 1 aromatic carbocycles. The molecule has 1 unspecified atom stereocenters. The normalized spacial score (nSPS) is 21.6. The van der Waals surface area contributed by atoms with Crippen molar-refractivity contribution in [1.82, 2.24) is 5.48 Å². The van der Waals surface area contributed by atoms with Crippen LogP contribution in [0.15, 0.2) is 24.3 Å². The first-order chi connectivity index (χ1) is 6.27. The number of rotatable bonds is 1. The molecule has 1 aliphatic heterocycles. The third kappa shape index (κ3) is 1.66. The third-order valence-corrected chi connectivity index (χ3v) is 2.28. The molecule has 0 spiro atoms. The fourth-order valence-electron chi connectivity index (χ4n) is 1.30. The van der Waals surface area contributed by atoms with Crippen LogP contribution in [-0.2, 0) is 9.63 Å². The molecule has 1 amide bonds. The van der Waals surface area contributed by atoms with Gasteiger partial charge < -0.3 is 0 Å². The summed E-state index contributed by atoms with van der Waals surface area (Å²) in [5, 5.41) is 0.629. The molecule has 68 valence electrons. The minimum atomic E-state index is -0.249. The summed E-state index contributed by atoms with van der Waals surface area (Å²) in [6.07, 6.45) is 0.0881. The largest absolute Gasteiger partial charge is 0.273 e. The fraction of sp³-hybridized carbons (Fsp3) is 0.222. The van der Waals surface area contributed by atoms with Gasteiger partial charge in [-0.05, 0) is 6.07 Å². The van der Waals surface area contributed by atoms with Crippen molar-refractivity contribution < 1.29 is 9.63 Å². The second kappa shape index (κ2) is 3.36. The lowest BCUT2D eigenvalue weighted by Crippen LogP contribution is -2.11. The molecule has 4 heteroatoms. The number of hydroxylamine groups is 1. The summed E-state index contributed by atoms with van der Waals surface area (Å²) >= 11 is 5.93. The number of benzene rings is 1. The summed E-state index contributed by atoms with van der Waals surface area (Å²) in [7, 11) is 0. The van der Waals surface area contributed by atoms with Crippen LogP contribution >= 0.6 is 11.6 Å². The van der Waals surface area contributed by atoms with Gasteiger partial charge in [-0.2, -0.15) is 0 Å². The molecule has 1 aromatic rings. The molecule has 1 atom stereocenters. The molecular formula is C9H8ClNO2. The first-order valence-electron chi connectivity index (χ1n) is 3.96. The van der Waals surface area contributed by atoms with Crippen LogP contribution in [0, 0.1) is 0 Å². The van der Waals surface area contributed by atoms with Crippen LogP contribution in [0.1, 0.15) is 18.1 Å². The van der Waals surface area contributed by atoms with Crippen LogP contribution in [0.2, 0.25) is 5.02 Å². The van der Waals surface area contributed by atoms with Crippen molar-refractivity contribution in [3.05, 3.63) is 34.9 Å². The Morgan fingerprint density at radius 1 is 1.46 bits per heavy atom. The van der Waals surface area contributed by atoms with Gasteiger partial charge in [-0.15, -0.1) is 0 Å². The molecule has 0 radical (unpaired) electrons. The molecule has 0 bridgehead atoms. The average molecular weight is 198 g/mol. The van der Waals surface area contributed by atoms with E-state index >= 15 is 0 Å². The van der Waals surface area contributed by atoms with E-state index in [9.17, 15) is 4.79 Å². The van der Waals surface area contributed by atoms with Crippen molar-refractivity contribution in [2.24, 2.45) is 0 Å². The van der Waals surface area contributed by atoms with Crippen molar-refractivity contribution in [2.75, 3.05) is 0 Å². The van der Waals surface area contributed by atoms with Gasteiger partial charge in [0, 0.05) is 10.6 Å². The highest BCUT2D eigenvalue weighted by atomic mass is 35.5. The van der Waals surface area contributed by atoms with E-state index in [0.29, 0.717) is 11.4 Å². The lowest BCUT2D eigenvalue weighted by molar-refractivity contribution is -0.124. The lowest BCUT2D eigenvalue weighted by Gasteiger charge is -2.08. The second-order valence-electron chi connectivity index (χ2n) is 2.86. The number of amides is 1. The second-order valence-corrected chi connectivity index (χ2v) is 3.26. The molecule has 1 aliphatic rings. The molecule has 0 aromatic heterocycles. The molecule has 2 rings (SSSR count). The summed E-state index contributed by atoms with van der Waals surface area (Å²) in [6, 6.07) is 7.35. The van der Waals surface area contributed by atoms with E-state index in [2.05, 4.69) is 5.48 Å². The number of carbonyl (C=O) groups excluding carboxylic acids is 1. The molecule has 3 nitrogen and oxygen atoms in total. The summed E-state index contributed by atoms with van der Waals surface area (Å²) in [5.41, 5.74) is 3.15. The van der Waals surface area contributed by atoms with Gasteiger partial charge in [-0.1, -0.05) is 29.8 Å². The Morgan fingerprint density at radius 2 is 2.23 bits per heavy atom. The van der Waals surface area contributed by atoms with Crippen LogP contribution in [0.25, 0.3) is 0 Å². The molecular weight excluding hydrogens is 190 g/mol. The van der Waals surface area contributed by atoms with Gasteiger partial charge in [0.05, 0.1) is 6.42 Å². The van der Waals surface area contributed by atoms with Gasteiger partial charge in [0.2, 0.25) is 5.91 Å². The van der Waals surface area contributed by atoms with E-state index in [4.69, 9.17) is 16.4 Å². The van der Waals surface area contributed by atoms with E-state index in [1.165, 1.54) is 0 Å². The Bertz CT molecular complexity index is 340. The third-order valence-electron chi connectivity index (χ3n) is 1.94. The maximum absolute atomic E-state index is 10.9. The zero-order valence-corrected chi connectivity index (χ0v) is 7.54. The van der Waals surface area contributed by atoms with E-state index in [1.54, 1.807) is 6.07 Å². The van der Waals surface area contributed by atoms with E-state index in [-0.39, 0.29) is 12.0 Å². The maximum Gasteiger partial charge on any atom is 0.246 e. The standard InChI is InChI=1S/C9H8ClNO2/c10-7-4-2-1-3-6(7)8-5-9(12)11-13-8/h1-4,8H,5H2,(H,11,12). The highest BCUT2D eigenvalue weighted by molar-refractivity contribution is 6.31. The van der Waals surface area contributed by atoms with Crippen LogP contribution in [0.5, 0.6) is 0 Å². The minimum absolute atomic E-state index is 0.107. The molecule has 0 aliphatic carbocycles. The van der Waals surface area contributed by atoms with Crippen molar-refractivity contribution in [3.63, 3.8) is 0 Å². The quantitative estimate of drug-likeness (QED) is 0.746. The number of carbonyl (C=O) groups is 1. The smallest absolute Gasteiger partial charge is 0.246 e. The van der Waals surface area contributed by atoms with Gasteiger partial charge in [0.15, 0.2) is 0 Å². The van der Waals surface area contributed by atoms with Crippen molar-refractivity contribution in [3.8, 4) is 0 Å².